The van der Waals surface area contributed by atoms with Gasteiger partial charge < -0.3 is 14.7 Å². The highest BCUT2D eigenvalue weighted by molar-refractivity contribution is 6.40. The average Bonchev–Trinajstić information content (AvgIpc) is 3.34. The molecule has 1 aliphatic heterocycles. The molecule has 0 bridgehead atoms. The number of aliphatic carboxylic acids is 1. The molecule has 1 aliphatic carbocycles. The molecule has 2 aliphatic rings. The van der Waals surface area contributed by atoms with Gasteiger partial charge in [0.05, 0.1) is 0 Å². The first-order valence-corrected chi connectivity index (χ1v) is 15.0. The lowest BCUT2D eigenvalue weighted by atomic mass is 9.98. The number of ether oxygens (including phenoxy) is 1. The number of carbonyl (C=O) groups excluding carboxylic acids is 2. The van der Waals surface area contributed by atoms with Crippen molar-refractivity contribution in [2.45, 2.75) is 63.7 Å². The summed E-state index contributed by atoms with van der Waals surface area (Å²) in [5, 5.41) is 8.79. The van der Waals surface area contributed by atoms with Crippen LogP contribution in [0.2, 0.25) is 0 Å². The van der Waals surface area contributed by atoms with Crippen LogP contribution < -0.4 is 0 Å². The zero-order valence-electron chi connectivity index (χ0n) is 24.0. The van der Waals surface area contributed by atoms with E-state index < -0.39 is 12.1 Å². The van der Waals surface area contributed by atoms with Crippen molar-refractivity contribution in [3.63, 3.8) is 0 Å². The van der Waals surface area contributed by atoms with Crippen molar-refractivity contribution in [2.75, 3.05) is 19.7 Å². The number of amides is 2. The minimum Gasteiger partial charge on any atom is -0.481 e. The van der Waals surface area contributed by atoms with Crippen molar-refractivity contribution in [3.05, 3.63) is 95.1 Å². The van der Waals surface area contributed by atoms with E-state index in [1.165, 1.54) is 0 Å². The molecule has 0 spiro atoms. The van der Waals surface area contributed by atoms with Crippen molar-refractivity contribution in [3.8, 4) is 11.1 Å². The van der Waals surface area contributed by atoms with Crippen molar-refractivity contribution in [1.29, 1.82) is 0 Å². The van der Waals surface area contributed by atoms with Gasteiger partial charge in [0, 0.05) is 31.8 Å². The maximum absolute atomic E-state index is 13.5. The van der Waals surface area contributed by atoms with Crippen molar-refractivity contribution < 1.29 is 24.2 Å². The molecule has 3 aromatic rings. The summed E-state index contributed by atoms with van der Waals surface area (Å²) in [6.07, 6.45) is 6.05. The summed E-state index contributed by atoms with van der Waals surface area (Å²) >= 11 is 0. The number of aryl methyl sites for hydroxylation is 1. The van der Waals surface area contributed by atoms with Crippen LogP contribution in [0.1, 0.15) is 73.1 Å². The Labute approximate surface area is 247 Å². The van der Waals surface area contributed by atoms with Gasteiger partial charge in [-0.1, -0.05) is 79.2 Å². The molecule has 7 nitrogen and oxygen atoms in total. The van der Waals surface area contributed by atoms with E-state index in [0.29, 0.717) is 19.5 Å². The summed E-state index contributed by atoms with van der Waals surface area (Å²) in [7, 11) is 0. The maximum atomic E-state index is 13.5. The van der Waals surface area contributed by atoms with Crippen LogP contribution in [0, 0.1) is 0 Å². The lowest BCUT2D eigenvalue weighted by Crippen LogP contribution is -2.41. The molecule has 0 radical (unpaired) electrons. The van der Waals surface area contributed by atoms with E-state index >= 15 is 0 Å². The first kappa shape index (κ1) is 29.2. The third-order valence-electron chi connectivity index (χ3n) is 8.20. The molecule has 1 N–H and O–H groups in total. The smallest absolute Gasteiger partial charge is 0.434 e. The van der Waals surface area contributed by atoms with Gasteiger partial charge in [-0.2, -0.15) is 4.99 Å². The summed E-state index contributed by atoms with van der Waals surface area (Å²) in [5.41, 5.74) is 6.83. The molecule has 1 fully saturated rings. The van der Waals surface area contributed by atoms with Crippen LogP contribution in [-0.4, -0.2) is 53.4 Å². The molecule has 0 saturated carbocycles. The number of hydrogen-bond donors (Lipinski definition) is 1. The van der Waals surface area contributed by atoms with E-state index in [1.807, 2.05) is 48.5 Å². The minimum atomic E-state index is -0.756. The van der Waals surface area contributed by atoms with Gasteiger partial charge in [0.15, 0.2) is 0 Å². The lowest BCUT2D eigenvalue weighted by molar-refractivity contribution is -0.137. The van der Waals surface area contributed by atoms with E-state index in [0.717, 1.165) is 71.9 Å². The van der Waals surface area contributed by atoms with Crippen molar-refractivity contribution >= 4 is 23.7 Å². The standard InChI is InChI=1S/C35H38N2O5/c38-33(39)16-4-1-3-11-25-17-19-26(20-18-25)23-32(34(40)37-21-9-2-10-22-37)36-35(41)42-24-31-29-14-7-5-12-27(29)28-13-6-8-15-30(28)31/h5-8,12-15,17-20,31H,1-4,9-11,16,21-24H2,(H,38,39)/b36-32+. The number of carbonyl (C=O) groups is 3. The lowest BCUT2D eigenvalue weighted by Gasteiger charge is -2.27. The number of benzene rings is 3. The van der Waals surface area contributed by atoms with Gasteiger partial charge >= 0.3 is 12.1 Å². The molecule has 42 heavy (non-hydrogen) atoms. The number of nitrogens with zero attached hydrogens (tertiary/aromatic N) is 2. The molecule has 0 atom stereocenters. The van der Waals surface area contributed by atoms with Crippen LogP contribution in [-0.2, 0) is 27.2 Å². The number of fused-ring (bicyclic) bond motifs is 3. The molecule has 0 aromatic heterocycles. The van der Waals surface area contributed by atoms with Crippen LogP contribution in [0.5, 0.6) is 0 Å². The summed E-state index contributed by atoms with van der Waals surface area (Å²) < 4.78 is 5.71. The van der Waals surface area contributed by atoms with Gasteiger partial charge in [0.1, 0.15) is 12.3 Å². The Morgan fingerprint density at radius 1 is 0.786 bits per heavy atom. The first-order chi connectivity index (χ1) is 20.5. The van der Waals surface area contributed by atoms with Crippen molar-refractivity contribution in [1.82, 2.24) is 4.90 Å². The number of aliphatic imine (C=N–C) groups is 1. The predicted molar refractivity (Wildman–Crippen MR) is 163 cm³/mol. The number of rotatable bonds is 11. The van der Waals surface area contributed by atoms with Gasteiger partial charge in [-0.15, -0.1) is 0 Å². The van der Waals surface area contributed by atoms with Crippen LogP contribution >= 0.6 is 0 Å². The summed E-state index contributed by atoms with van der Waals surface area (Å²) in [6.45, 7) is 1.50. The minimum absolute atomic E-state index is 0.0746. The first-order valence-electron chi connectivity index (χ1n) is 15.0. The Hall–Kier alpha value is -4.26. The Morgan fingerprint density at radius 2 is 1.40 bits per heavy atom. The number of carboxylic acids is 1. The van der Waals surface area contributed by atoms with Gasteiger partial charge in [0.2, 0.25) is 0 Å². The van der Waals surface area contributed by atoms with E-state index in [2.05, 4.69) is 29.3 Å². The second kappa shape index (κ2) is 14.1. The van der Waals surface area contributed by atoms with Crippen molar-refractivity contribution in [2.24, 2.45) is 4.99 Å². The Balaban J connectivity index is 1.26. The molecule has 0 unspecified atom stereocenters. The second-order valence-corrected chi connectivity index (χ2v) is 11.2. The third kappa shape index (κ3) is 7.32. The maximum Gasteiger partial charge on any atom is 0.434 e. The molecule has 1 saturated heterocycles. The molecular weight excluding hydrogens is 528 g/mol. The second-order valence-electron chi connectivity index (χ2n) is 11.2. The summed E-state index contributed by atoms with van der Waals surface area (Å²) in [5.74, 6) is -1.03. The zero-order valence-corrected chi connectivity index (χ0v) is 24.0. The van der Waals surface area contributed by atoms with E-state index in [1.54, 1.807) is 4.90 Å². The fourth-order valence-electron chi connectivity index (χ4n) is 5.98. The molecule has 5 rings (SSSR count). The SMILES string of the molecule is O=C(O)CCCCCc1ccc(C/C(=N\C(=O)OCC2c3ccccc3-c3ccccc32)C(=O)N2CCCCC2)cc1. The van der Waals surface area contributed by atoms with E-state index in [4.69, 9.17) is 9.84 Å². The van der Waals surface area contributed by atoms with E-state index in [-0.39, 0.29) is 37.0 Å². The number of piperidine rings is 1. The fourth-order valence-corrected chi connectivity index (χ4v) is 5.98. The highest BCUT2D eigenvalue weighted by Gasteiger charge is 2.29. The average molecular weight is 567 g/mol. The number of unbranched alkanes of at least 4 members (excludes halogenated alkanes) is 2. The van der Waals surface area contributed by atoms with Gasteiger partial charge in [-0.25, -0.2) is 4.79 Å². The highest BCUT2D eigenvalue weighted by atomic mass is 16.5. The summed E-state index contributed by atoms with van der Waals surface area (Å²) in [6, 6.07) is 24.4. The van der Waals surface area contributed by atoms with Crippen LogP contribution in [0.15, 0.2) is 77.8 Å². The van der Waals surface area contributed by atoms with Gasteiger partial charge in [-0.05, 0) is 71.9 Å². The Kier molecular flexibility index (Phi) is 9.80. The molecule has 3 aromatic carbocycles. The fraction of sp³-hybridized carbons (Fsp3) is 0.371. The molecular formula is C35H38N2O5. The van der Waals surface area contributed by atoms with Crippen LogP contribution in [0.3, 0.4) is 0 Å². The summed E-state index contributed by atoms with van der Waals surface area (Å²) in [4.78, 5) is 43.3. The normalized spacial score (nSPS) is 14.8. The third-order valence-corrected chi connectivity index (χ3v) is 8.20. The van der Waals surface area contributed by atoms with Gasteiger partial charge in [0.25, 0.3) is 5.91 Å². The topological polar surface area (TPSA) is 96.3 Å². The quantitative estimate of drug-likeness (QED) is 0.203. The van der Waals surface area contributed by atoms with Crippen LogP contribution in [0.25, 0.3) is 11.1 Å². The largest absolute Gasteiger partial charge is 0.481 e. The molecule has 218 valence electrons. The van der Waals surface area contributed by atoms with E-state index in [9.17, 15) is 14.4 Å². The number of hydrogen-bond acceptors (Lipinski definition) is 4. The highest BCUT2D eigenvalue weighted by Crippen LogP contribution is 2.44. The monoisotopic (exact) mass is 566 g/mol. The molecule has 2 amide bonds. The number of likely N-dealkylation sites (tertiary alicyclic amines) is 1. The Bertz CT molecular complexity index is 1390. The zero-order chi connectivity index (χ0) is 29.3. The van der Waals surface area contributed by atoms with Gasteiger partial charge in [-0.3, -0.25) is 9.59 Å². The number of carboxylic acid groups (broad SMARTS) is 1. The van der Waals surface area contributed by atoms with Crippen LogP contribution in [0.4, 0.5) is 4.79 Å². The Morgan fingerprint density at radius 3 is 2.05 bits per heavy atom. The predicted octanol–water partition coefficient (Wildman–Crippen LogP) is 6.82. The molecule has 1 heterocycles. The molecule has 7 heteroatoms.